The molecule has 0 saturated heterocycles. The Morgan fingerprint density at radius 2 is 1.79 bits per heavy atom. The van der Waals surface area contributed by atoms with Gasteiger partial charge in [0.15, 0.2) is 5.69 Å². The van der Waals surface area contributed by atoms with E-state index >= 15 is 0 Å². The Hall–Kier alpha value is -3.86. The van der Waals surface area contributed by atoms with E-state index in [1.807, 2.05) is 0 Å². The maximum absolute atomic E-state index is 13.3. The van der Waals surface area contributed by atoms with E-state index in [0.29, 0.717) is 22.3 Å². The van der Waals surface area contributed by atoms with E-state index in [9.17, 15) is 18.0 Å². The standard InChI is InChI=1S/C21H15ClF3N7O/c22-15-9-13-8-12(2-4-16(13)29-19(15)26)20(33)32(11-18-27-6-1-7-28-18)10-14-3-5-17(31-30-14)21(23,24)25/h1-9H,10-11H2,(H2,26,29). The quantitative estimate of drug-likeness (QED) is 0.467. The van der Waals surface area contributed by atoms with E-state index in [2.05, 4.69) is 25.1 Å². The van der Waals surface area contributed by atoms with E-state index in [-0.39, 0.29) is 29.6 Å². The maximum Gasteiger partial charge on any atom is 0.435 e. The average molecular weight is 474 g/mol. The monoisotopic (exact) mass is 473 g/mol. The van der Waals surface area contributed by atoms with Crippen LogP contribution in [0.15, 0.2) is 54.9 Å². The van der Waals surface area contributed by atoms with E-state index in [1.54, 1.807) is 30.3 Å². The lowest BCUT2D eigenvalue weighted by Gasteiger charge is -2.22. The number of fused-ring (bicyclic) bond motifs is 1. The highest BCUT2D eigenvalue weighted by Gasteiger charge is 2.33. The maximum atomic E-state index is 13.3. The number of hydrogen-bond donors (Lipinski definition) is 1. The smallest absolute Gasteiger partial charge is 0.382 e. The fourth-order valence-electron chi connectivity index (χ4n) is 3.05. The molecule has 0 unspecified atom stereocenters. The van der Waals surface area contributed by atoms with Gasteiger partial charge in [0.1, 0.15) is 11.6 Å². The Bertz CT molecular complexity index is 1300. The zero-order valence-electron chi connectivity index (χ0n) is 16.8. The van der Waals surface area contributed by atoms with Crippen molar-refractivity contribution in [3.63, 3.8) is 0 Å². The summed E-state index contributed by atoms with van der Waals surface area (Å²) in [5, 5.41) is 7.70. The number of amides is 1. The van der Waals surface area contributed by atoms with Crippen molar-refractivity contribution < 1.29 is 18.0 Å². The number of alkyl halides is 3. The zero-order valence-corrected chi connectivity index (χ0v) is 17.5. The zero-order chi connectivity index (χ0) is 23.6. The first-order valence-electron chi connectivity index (χ1n) is 9.51. The summed E-state index contributed by atoms with van der Waals surface area (Å²) >= 11 is 6.05. The average Bonchev–Trinajstić information content (AvgIpc) is 2.79. The van der Waals surface area contributed by atoms with Gasteiger partial charge in [-0.1, -0.05) is 11.6 Å². The van der Waals surface area contributed by atoms with Crippen LogP contribution in [-0.2, 0) is 19.3 Å². The molecule has 4 aromatic rings. The van der Waals surface area contributed by atoms with Crippen molar-refractivity contribution in [2.75, 3.05) is 5.73 Å². The number of pyridine rings is 1. The van der Waals surface area contributed by atoms with Gasteiger partial charge in [0.05, 0.1) is 29.3 Å². The van der Waals surface area contributed by atoms with Crippen LogP contribution >= 0.6 is 11.6 Å². The van der Waals surface area contributed by atoms with E-state index < -0.39 is 17.8 Å². The van der Waals surface area contributed by atoms with Gasteiger partial charge < -0.3 is 10.6 Å². The topological polar surface area (TPSA) is 111 Å². The largest absolute Gasteiger partial charge is 0.435 e. The molecule has 2 N–H and O–H groups in total. The van der Waals surface area contributed by atoms with Crippen molar-refractivity contribution in [2.45, 2.75) is 19.3 Å². The Labute approximate surface area is 190 Å². The number of aromatic nitrogens is 5. The van der Waals surface area contributed by atoms with Gasteiger partial charge in [-0.2, -0.15) is 18.3 Å². The van der Waals surface area contributed by atoms with Crippen LogP contribution in [-0.4, -0.2) is 36.0 Å². The normalized spacial score (nSPS) is 11.5. The van der Waals surface area contributed by atoms with Crippen LogP contribution in [0.1, 0.15) is 27.6 Å². The SMILES string of the molecule is Nc1nc2ccc(C(=O)N(Cc3ccc(C(F)(F)F)nn3)Cc3ncccn3)cc2cc1Cl. The lowest BCUT2D eigenvalue weighted by molar-refractivity contribution is -0.141. The predicted octanol–water partition coefficient (Wildman–Crippen LogP) is 3.91. The van der Waals surface area contributed by atoms with Crippen LogP contribution < -0.4 is 5.73 Å². The predicted molar refractivity (Wildman–Crippen MR) is 114 cm³/mol. The molecule has 0 aliphatic rings. The van der Waals surface area contributed by atoms with Crippen molar-refractivity contribution >= 4 is 34.2 Å². The van der Waals surface area contributed by atoms with Gasteiger partial charge in [-0.25, -0.2) is 15.0 Å². The minimum absolute atomic E-state index is 0.00115. The van der Waals surface area contributed by atoms with Gasteiger partial charge in [-0.3, -0.25) is 4.79 Å². The fourth-order valence-corrected chi connectivity index (χ4v) is 3.21. The van der Waals surface area contributed by atoms with Gasteiger partial charge >= 0.3 is 6.18 Å². The number of nitrogen functional groups attached to an aromatic ring is 1. The van der Waals surface area contributed by atoms with Crippen LogP contribution in [0.4, 0.5) is 19.0 Å². The molecule has 0 atom stereocenters. The Morgan fingerprint density at radius 3 is 2.45 bits per heavy atom. The number of nitrogens with zero attached hydrogens (tertiary/aromatic N) is 6. The first-order chi connectivity index (χ1) is 15.7. The molecule has 0 spiro atoms. The molecular weight excluding hydrogens is 459 g/mol. The molecule has 8 nitrogen and oxygen atoms in total. The van der Waals surface area contributed by atoms with Gasteiger partial charge in [-0.15, -0.1) is 5.10 Å². The second-order valence-corrected chi connectivity index (χ2v) is 7.40. The Balaban J connectivity index is 1.66. The minimum Gasteiger partial charge on any atom is -0.382 e. The Morgan fingerprint density at radius 1 is 1.03 bits per heavy atom. The van der Waals surface area contributed by atoms with Gasteiger partial charge in [0.2, 0.25) is 0 Å². The molecule has 0 bridgehead atoms. The molecule has 3 heterocycles. The van der Waals surface area contributed by atoms with E-state index in [1.165, 1.54) is 23.4 Å². The molecule has 1 amide bonds. The Kier molecular flexibility index (Phi) is 6.05. The number of rotatable bonds is 5. The third-order valence-electron chi connectivity index (χ3n) is 4.64. The first-order valence-corrected chi connectivity index (χ1v) is 9.89. The summed E-state index contributed by atoms with van der Waals surface area (Å²) in [5.41, 5.74) is 5.64. The second kappa shape index (κ2) is 8.94. The molecule has 1 aromatic carbocycles. The third kappa shape index (κ3) is 5.14. The molecule has 168 valence electrons. The number of halogens is 4. The number of hydrogen-bond acceptors (Lipinski definition) is 7. The molecule has 0 aliphatic heterocycles. The lowest BCUT2D eigenvalue weighted by atomic mass is 10.1. The van der Waals surface area contributed by atoms with Crippen molar-refractivity contribution in [1.82, 2.24) is 30.0 Å². The van der Waals surface area contributed by atoms with Gasteiger partial charge in [0, 0.05) is 23.3 Å². The highest BCUT2D eigenvalue weighted by Crippen LogP contribution is 2.27. The van der Waals surface area contributed by atoms with Crippen molar-refractivity contribution in [2.24, 2.45) is 0 Å². The summed E-state index contributed by atoms with van der Waals surface area (Å²) in [4.78, 5) is 27.1. The minimum atomic E-state index is -4.61. The lowest BCUT2D eigenvalue weighted by Crippen LogP contribution is -2.31. The molecule has 0 aliphatic carbocycles. The number of anilines is 1. The van der Waals surface area contributed by atoms with Crippen LogP contribution in [0, 0.1) is 0 Å². The summed E-state index contributed by atoms with van der Waals surface area (Å²) in [6, 6.07) is 10.0. The van der Waals surface area contributed by atoms with Crippen LogP contribution in [0.5, 0.6) is 0 Å². The molecule has 33 heavy (non-hydrogen) atoms. The molecule has 3 aromatic heterocycles. The molecule has 12 heteroatoms. The van der Waals surface area contributed by atoms with Crippen LogP contribution in [0.2, 0.25) is 5.02 Å². The molecule has 4 rings (SSSR count). The first kappa shape index (κ1) is 22.3. The molecule has 0 radical (unpaired) electrons. The molecular formula is C21H15ClF3N7O. The van der Waals surface area contributed by atoms with Crippen LogP contribution in [0.3, 0.4) is 0 Å². The van der Waals surface area contributed by atoms with Crippen molar-refractivity contribution in [1.29, 1.82) is 0 Å². The summed E-state index contributed by atoms with van der Waals surface area (Å²) < 4.78 is 38.4. The number of benzene rings is 1. The van der Waals surface area contributed by atoms with Crippen molar-refractivity contribution in [3.05, 3.63) is 82.7 Å². The summed E-state index contributed by atoms with van der Waals surface area (Å²) in [6.45, 7) is -0.109. The summed E-state index contributed by atoms with van der Waals surface area (Å²) in [5.74, 6) is 0.106. The molecule has 0 fully saturated rings. The fraction of sp³-hybridized carbons (Fsp3) is 0.143. The summed E-state index contributed by atoms with van der Waals surface area (Å²) in [7, 11) is 0. The van der Waals surface area contributed by atoms with Crippen LogP contribution in [0.25, 0.3) is 10.9 Å². The van der Waals surface area contributed by atoms with E-state index in [0.717, 1.165) is 6.07 Å². The third-order valence-corrected chi connectivity index (χ3v) is 4.95. The highest BCUT2D eigenvalue weighted by atomic mass is 35.5. The molecule has 0 saturated carbocycles. The van der Waals surface area contributed by atoms with Crippen molar-refractivity contribution in [3.8, 4) is 0 Å². The number of nitrogens with two attached hydrogens (primary N) is 1. The van der Waals surface area contributed by atoms with Gasteiger partial charge in [-0.05, 0) is 42.5 Å². The van der Waals surface area contributed by atoms with Gasteiger partial charge in [0.25, 0.3) is 5.91 Å². The summed E-state index contributed by atoms with van der Waals surface area (Å²) in [6.07, 6.45) is -1.56. The second-order valence-electron chi connectivity index (χ2n) is 7.00. The number of carbonyl (C=O) groups is 1. The number of carbonyl (C=O) groups excluding carboxylic acids is 1. The van der Waals surface area contributed by atoms with E-state index in [4.69, 9.17) is 17.3 Å². The highest BCUT2D eigenvalue weighted by molar-refractivity contribution is 6.33.